The van der Waals surface area contributed by atoms with Gasteiger partial charge in [-0.3, -0.25) is 5.41 Å². The Morgan fingerprint density at radius 3 is 2.71 bits per heavy atom. The highest BCUT2D eigenvalue weighted by molar-refractivity contribution is 9.10. The standard InChI is InChI=1S/C11H12BrN5/c1-6-3-7(2)16-11(9(6)10(13)14)17-5-8(12)4-15-17/h3-5H,1-2H3,(H3,13,14). The van der Waals surface area contributed by atoms with E-state index in [1.165, 1.54) is 0 Å². The van der Waals surface area contributed by atoms with Gasteiger partial charge < -0.3 is 5.73 Å². The third kappa shape index (κ3) is 2.21. The molecule has 2 aromatic rings. The Balaban J connectivity index is 2.71. The molecule has 0 saturated carbocycles. The molecule has 88 valence electrons. The van der Waals surface area contributed by atoms with E-state index in [1.54, 1.807) is 17.1 Å². The van der Waals surface area contributed by atoms with Crippen molar-refractivity contribution in [3.05, 3.63) is 39.8 Å². The predicted octanol–water partition coefficient (Wildman–Crippen LogP) is 1.93. The number of pyridine rings is 1. The van der Waals surface area contributed by atoms with Crippen LogP contribution in [-0.4, -0.2) is 20.6 Å². The van der Waals surface area contributed by atoms with Gasteiger partial charge in [0, 0.05) is 11.9 Å². The van der Waals surface area contributed by atoms with Crippen LogP contribution in [0.5, 0.6) is 0 Å². The van der Waals surface area contributed by atoms with Crippen molar-refractivity contribution in [2.24, 2.45) is 5.73 Å². The first-order chi connectivity index (χ1) is 7.99. The molecule has 0 unspecified atom stereocenters. The molecule has 0 amide bonds. The third-order valence-electron chi connectivity index (χ3n) is 2.36. The van der Waals surface area contributed by atoms with Crippen molar-refractivity contribution in [2.75, 3.05) is 0 Å². The van der Waals surface area contributed by atoms with Crippen molar-refractivity contribution in [3.63, 3.8) is 0 Å². The summed E-state index contributed by atoms with van der Waals surface area (Å²) in [6.07, 6.45) is 3.46. The lowest BCUT2D eigenvalue weighted by atomic mass is 10.1. The number of amidine groups is 1. The van der Waals surface area contributed by atoms with Gasteiger partial charge in [-0.2, -0.15) is 5.10 Å². The fourth-order valence-corrected chi connectivity index (χ4v) is 2.02. The van der Waals surface area contributed by atoms with Gasteiger partial charge in [0.05, 0.1) is 16.2 Å². The Bertz CT molecular complexity index is 588. The summed E-state index contributed by atoms with van der Waals surface area (Å²) in [6, 6.07) is 1.90. The molecule has 0 aromatic carbocycles. The van der Waals surface area contributed by atoms with Crippen LogP contribution in [-0.2, 0) is 0 Å². The van der Waals surface area contributed by atoms with Gasteiger partial charge in [-0.25, -0.2) is 9.67 Å². The van der Waals surface area contributed by atoms with Crippen LogP contribution in [0.4, 0.5) is 0 Å². The van der Waals surface area contributed by atoms with Crippen molar-refractivity contribution in [1.82, 2.24) is 14.8 Å². The first kappa shape index (κ1) is 11.8. The van der Waals surface area contributed by atoms with Gasteiger partial charge in [-0.15, -0.1) is 0 Å². The number of hydrogen-bond acceptors (Lipinski definition) is 3. The molecule has 0 aliphatic heterocycles. The number of halogens is 1. The van der Waals surface area contributed by atoms with Gasteiger partial charge in [0.25, 0.3) is 0 Å². The lowest BCUT2D eigenvalue weighted by Crippen LogP contribution is -2.18. The first-order valence-corrected chi connectivity index (χ1v) is 5.81. The summed E-state index contributed by atoms with van der Waals surface area (Å²) < 4.78 is 2.47. The first-order valence-electron chi connectivity index (χ1n) is 5.02. The number of hydrogen-bond donors (Lipinski definition) is 2. The van der Waals surface area contributed by atoms with Crippen LogP contribution in [0, 0.1) is 19.3 Å². The van der Waals surface area contributed by atoms with Gasteiger partial charge in [-0.1, -0.05) is 0 Å². The summed E-state index contributed by atoms with van der Waals surface area (Å²) in [6.45, 7) is 3.81. The Morgan fingerprint density at radius 1 is 1.47 bits per heavy atom. The van der Waals surface area contributed by atoms with Crippen molar-refractivity contribution in [3.8, 4) is 5.82 Å². The van der Waals surface area contributed by atoms with E-state index in [2.05, 4.69) is 26.0 Å². The SMILES string of the molecule is Cc1cc(C)c(C(=N)N)c(-n2cc(Br)cn2)n1. The lowest BCUT2D eigenvalue weighted by molar-refractivity contribution is 0.835. The van der Waals surface area contributed by atoms with Crippen LogP contribution in [0.15, 0.2) is 22.9 Å². The Kier molecular flexibility index (Phi) is 2.97. The normalized spacial score (nSPS) is 10.5. The molecule has 0 aliphatic carbocycles. The highest BCUT2D eigenvalue weighted by Crippen LogP contribution is 2.18. The molecule has 2 aromatic heterocycles. The van der Waals surface area contributed by atoms with E-state index >= 15 is 0 Å². The summed E-state index contributed by atoms with van der Waals surface area (Å²) >= 11 is 3.33. The average Bonchev–Trinajstić information content (AvgIpc) is 2.62. The Labute approximate surface area is 107 Å². The summed E-state index contributed by atoms with van der Waals surface area (Å²) in [4.78, 5) is 4.40. The van der Waals surface area contributed by atoms with Crippen molar-refractivity contribution < 1.29 is 0 Å². The van der Waals surface area contributed by atoms with Crippen LogP contribution < -0.4 is 5.73 Å². The summed E-state index contributed by atoms with van der Waals surface area (Å²) in [5, 5.41) is 11.8. The molecule has 5 nitrogen and oxygen atoms in total. The minimum Gasteiger partial charge on any atom is -0.384 e. The number of nitrogens with one attached hydrogen (secondary N) is 1. The van der Waals surface area contributed by atoms with Gasteiger partial charge in [0.1, 0.15) is 5.84 Å². The second-order valence-corrected chi connectivity index (χ2v) is 4.71. The maximum Gasteiger partial charge on any atom is 0.164 e. The summed E-state index contributed by atoms with van der Waals surface area (Å²) in [5.74, 6) is 0.581. The molecule has 3 N–H and O–H groups in total. The smallest absolute Gasteiger partial charge is 0.164 e. The number of rotatable bonds is 2. The minimum atomic E-state index is -0.00313. The average molecular weight is 294 g/mol. The van der Waals surface area contributed by atoms with Crippen molar-refractivity contribution in [2.45, 2.75) is 13.8 Å². The van der Waals surface area contributed by atoms with E-state index in [0.29, 0.717) is 11.4 Å². The lowest BCUT2D eigenvalue weighted by Gasteiger charge is -2.11. The third-order valence-corrected chi connectivity index (χ3v) is 2.77. The molecule has 0 saturated heterocycles. The zero-order valence-corrected chi connectivity index (χ0v) is 11.1. The number of nitrogens with two attached hydrogens (primary N) is 1. The quantitative estimate of drug-likeness (QED) is 0.656. The van der Waals surface area contributed by atoms with Crippen LogP contribution in [0.2, 0.25) is 0 Å². The number of nitrogen functional groups attached to an aromatic ring is 1. The minimum absolute atomic E-state index is 0.00313. The number of aryl methyl sites for hydroxylation is 2. The Morgan fingerprint density at radius 2 is 2.18 bits per heavy atom. The second-order valence-electron chi connectivity index (χ2n) is 3.80. The van der Waals surface area contributed by atoms with Crippen LogP contribution in [0.1, 0.15) is 16.8 Å². The largest absolute Gasteiger partial charge is 0.384 e. The maximum absolute atomic E-state index is 7.63. The highest BCUT2D eigenvalue weighted by atomic mass is 79.9. The van der Waals surface area contributed by atoms with E-state index in [0.717, 1.165) is 15.7 Å². The topological polar surface area (TPSA) is 80.6 Å². The molecule has 2 heterocycles. The van der Waals surface area contributed by atoms with Crippen LogP contribution in [0.25, 0.3) is 5.82 Å². The fourth-order valence-electron chi connectivity index (χ4n) is 1.73. The molecular weight excluding hydrogens is 282 g/mol. The van der Waals surface area contributed by atoms with Gasteiger partial charge >= 0.3 is 0 Å². The second kappa shape index (κ2) is 4.29. The van der Waals surface area contributed by atoms with E-state index in [-0.39, 0.29) is 5.84 Å². The molecule has 6 heteroatoms. The van der Waals surface area contributed by atoms with Crippen LogP contribution in [0.3, 0.4) is 0 Å². The molecule has 0 fully saturated rings. The molecular formula is C11H12BrN5. The molecule has 0 spiro atoms. The van der Waals surface area contributed by atoms with Crippen molar-refractivity contribution in [1.29, 1.82) is 5.41 Å². The highest BCUT2D eigenvalue weighted by Gasteiger charge is 2.14. The fraction of sp³-hybridized carbons (Fsp3) is 0.182. The molecule has 0 radical (unpaired) electrons. The molecule has 2 rings (SSSR count). The van der Waals surface area contributed by atoms with E-state index in [9.17, 15) is 0 Å². The van der Waals surface area contributed by atoms with E-state index in [1.807, 2.05) is 19.9 Å². The number of aromatic nitrogens is 3. The molecule has 17 heavy (non-hydrogen) atoms. The molecule has 0 atom stereocenters. The molecule has 0 aliphatic rings. The van der Waals surface area contributed by atoms with Gasteiger partial charge in [0.2, 0.25) is 0 Å². The van der Waals surface area contributed by atoms with Gasteiger partial charge in [0.15, 0.2) is 5.82 Å². The van der Waals surface area contributed by atoms with E-state index < -0.39 is 0 Å². The van der Waals surface area contributed by atoms with Crippen molar-refractivity contribution >= 4 is 21.8 Å². The zero-order valence-electron chi connectivity index (χ0n) is 9.53. The maximum atomic E-state index is 7.63. The summed E-state index contributed by atoms with van der Waals surface area (Å²) in [7, 11) is 0. The summed E-state index contributed by atoms with van der Waals surface area (Å²) in [5.41, 5.74) is 8.01. The Hall–Kier alpha value is -1.69. The van der Waals surface area contributed by atoms with E-state index in [4.69, 9.17) is 11.1 Å². The monoisotopic (exact) mass is 293 g/mol. The zero-order chi connectivity index (χ0) is 12.6. The van der Waals surface area contributed by atoms with Crippen LogP contribution >= 0.6 is 15.9 Å². The van der Waals surface area contributed by atoms with Gasteiger partial charge in [-0.05, 0) is 41.4 Å². The molecule has 0 bridgehead atoms. The number of nitrogens with zero attached hydrogens (tertiary/aromatic N) is 3. The predicted molar refractivity (Wildman–Crippen MR) is 69.5 cm³/mol.